The molecule has 1 fully saturated rings. The number of guanidine groups is 1. The van der Waals surface area contributed by atoms with Gasteiger partial charge in [0.15, 0.2) is 5.96 Å². The fourth-order valence-corrected chi connectivity index (χ4v) is 2.91. The number of nitrogens with zero attached hydrogens (tertiary/aromatic N) is 2. The quantitative estimate of drug-likeness (QED) is 0.323. The van der Waals surface area contributed by atoms with Crippen molar-refractivity contribution in [3.63, 3.8) is 0 Å². The molecular weight excluding hydrogens is 457 g/mol. The van der Waals surface area contributed by atoms with Crippen LogP contribution < -0.4 is 16.0 Å². The Hall–Kier alpha value is -1.32. The van der Waals surface area contributed by atoms with Crippen LogP contribution in [-0.4, -0.2) is 36.0 Å². The first-order valence-corrected chi connectivity index (χ1v) is 9.65. The van der Waals surface area contributed by atoms with Gasteiger partial charge in [0.25, 0.3) is 0 Å². The van der Waals surface area contributed by atoms with Crippen LogP contribution in [0.15, 0.2) is 15.6 Å². The van der Waals surface area contributed by atoms with Gasteiger partial charge in [0, 0.05) is 18.0 Å². The van der Waals surface area contributed by atoms with Crippen molar-refractivity contribution in [2.24, 2.45) is 4.99 Å². The van der Waals surface area contributed by atoms with Crippen molar-refractivity contribution in [2.45, 2.75) is 77.8 Å². The molecule has 154 valence electrons. The lowest BCUT2D eigenvalue weighted by atomic mass is 9.94. The van der Waals surface area contributed by atoms with E-state index in [2.05, 4.69) is 46.7 Å². The molecule has 0 bridgehead atoms. The normalized spacial score (nSPS) is 15.8. The van der Waals surface area contributed by atoms with Crippen LogP contribution in [0.2, 0.25) is 0 Å². The first-order chi connectivity index (χ1) is 12.4. The van der Waals surface area contributed by atoms with E-state index in [-0.39, 0.29) is 41.8 Å². The van der Waals surface area contributed by atoms with E-state index in [9.17, 15) is 4.79 Å². The molecule has 1 aliphatic rings. The molecule has 1 amide bonds. The average molecular weight is 491 g/mol. The number of hydrogen-bond donors (Lipinski definition) is 3. The molecule has 0 aliphatic heterocycles. The second kappa shape index (κ2) is 11.5. The van der Waals surface area contributed by atoms with Crippen molar-refractivity contribution < 1.29 is 9.21 Å². The predicted octanol–water partition coefficient (Wildman–Crippen LogP) is 3.09. The molecule has 0 spiro atoms. The topological polar surface area (TPSA) is 91.5 Å². The Kier molecular flexibility index (Phi) is 10.1. The summed E-state index contributed by atoms with van der Waals surface area (Å²) in [7, 11) is 0. The number of aliphatic imine (C=N–C) groups is 1. The maximum atomic E-state index is 12.1. The Labute approximate surface area is 179 Å². The van der Waals surface area contributed by atoms with Crippen LogP contribution in [0.4, 0.5) is 0 Å². The molecule has 0 saturated heterocycles. The molecule has 0 atom stereocenters. The van der Waals surface area contributed by atoms with Crippen LogP contribution in [-0.2, 0) is 16.8 Å². The molecule has 7 nitrogen and oxygen atoms in total. The second-order valence-corrected chi connectivity index (χ2v) is 7.82. The molecule has 0 unspecified atom stereocenters. The highest BCUT2D eigenvalue weighted by atomic mass is 127. The number of carbonyl (C=O) groups excluding carboxylic acids is 1. The van der Waals surface area contributed by atoms with Gasteiger partial charge < -0.3 is 20.4 Å². The summed E-state index contributed by atoms with van der Waals surface area (Å²) in [5.41, 5.74) is -0.0684. The molecule has 0 radical (unpaired) electrons. The van der Waals surface area contributed by atoms with E-state index in [1.807, 2.05) is 6.92 Å². The number of rotatable bonds is 6. The van der Waals surface area contributed by atoms with Crippen LogP contribution in [0.25, 0.3) is 0 Å². The van der Waals surface area contributed by atoms with Crippen LogP contribution in [0.3, 0.4) is 0 Å². The maximum absolute atomic E-state index is 12.1. The number of carbonyl (C=O) groups is 1. The zero-order valence-electron chi connectivity index (χ0n) is 16.9. The maximum Gasteiger partial charge on any atom is 0.242 e. The van der Waals surface area contributed by atoms with Crippen molar-refractivity contribution >= 4 is 35.8 Å². The fourth-order valence-electron chi connectivity index (χ4n) is 2.91. The van der Waals surface area contributed by atoms with E-state index >= 15 is 0 Å². The molecule has 1 heterocycles. The van der Waals surface area contributed by atoms with Gasteiger partial charge in [-0.05, 0) is 19.8 Å². The van der Waals surface area contributed by atoms with E-state index in [4.69, 9.17) is 4.42 Å². The van der Waals surface area contributed by atoms with Gasteiger partial charge in [-0.3, -0.25) is 4.79 Å². The van der Waals surface area contributed by atoms with E-state index in [1.165, 1.54) is 19.3 Å². The van der Waals surface area contributed by atoms with Gasteiger partial charge in [-0.15, -0.1) is 24.0 Å². The molecule has 3 N–H and O–H groups in total. The van der Waals surface area contributed by atoms with Gasteiger partial charge in [0.2, 0.25) is 11.8 Å². The standard InChI is InChI=1S/C19H33N5O2.HI/c1-5-20-18(22-12-16(25)24-14-9-7-6-8-10-14)23-13-17-21-11-15(26-17)19(2,3)4;/h11,14H,5-10,12-13H2,1-4H3,(H,24,25)(H2,20,22,23);1H. The molecule has 0 aromatic carbocycles. The zero-order valence-corrected chi connectivity index (χ0v) is 19.3. The van der Waals surface area contributed by atoms with Crippen molar-refractivity contribution in [1.82, 2.24) is 20.9 Å². The van der Waals surface area contributed by atoms with Gasteiger partial charge in [-0.25, -0.2) is 9.98 Å². The first kappa shape index (κ1) is 23.7. The monoisotopic (exact) mass is 491 g/mol. The average Bonchev–Trinajstić information content (AvgIpc) is 3.08. The van der Waals surface area contributed by atoms with Crippen LogP contribution in [0, 0.1) is 0 Å². The summed E-state index contributed by atoms with van der Waals surface area (Å²) in [4.78, 5) is 20.8. The third-order valence-corrected chi connectivity index (χ3v) is 4.40. The molecule has 1 saturated carbocycles. The summed E-state index contributed by atoms with van der Waals surface area (Å²) in [6.07, 6.45) is 7.59. The second-order valence-electron chi connectivity index (χ2n) is 7.82. The van der Waals surface area contributed by atoms with Gasteiger partial charge in [-0.1, -0.05) is 40.0 Å². The summed E-state index contributed by atoms with van der Waals surface area (Å²) < 4.78 is 5.77. The Balaban J connectivity index is 0.00000364. The highest BCUT2D eigenvalue weighted by Crippen LogP contribution is 2.22. The van der Waals surface area contributed by atoms with Gasteiger partial charge >= 0.3 is 0 Å². The lowest BCUT2D eigenvalue weighted by molar-refractivity contribution is -0.120. The predicted molar refractivity (Wildman–Crippen MR) is 118 cm³/mol. The smallest absolute Gasteiger partial charge is 0.242 e. The van der Waals surface area contributed by atoms with Crippen molar-refractivity contribution in [3.05, 3.63) is 17.8 Å². The summed E-state index contributed by atoms with van der Waals surface area (Å²) in [6, 6.07) is 0.310. The number of oxazole rings is 1. The van der Waals surface area contributed by atoms with Crippen molar-refractivity contribution in [3.8, 4) is 0 Å². The van der Waals surface area contributed by atoms with Crippen molar-refractivity contribution in [1.29, 1.82) is 0 Å². The third kappa shape index (κ3) is 8.49. The summed E-state index contributed by atoms with van der Waals surface area (Å²) in [6.45, 7) is 9.50. The van der Waals surface area contributed by atoms with Crippen LogP contribution in [0.5, 0.6) is 0 Å². The minimum atomic E-state index is -0.0684. The number of amides is 1. The lowest BCUT2D eigenvalue weighted by Gasteiger charge is -2.22. The first-order valence-electron chi connectivity index (χ1n) is 9.65. The molecule has 1 aliphatic carbocycles. The summed E-state index contributed by atoms with van der Waals surface area (Å²) in [5, 5.41) is 9.38. The molecule has 2 rings (SSSR count). The molecule has 8 heteroatoms. The molecule has 1 aromatic rings. The minimum Gasteiger partial charge on any atom is -0.443 e. The largest absolute Gasteiger partial charge is 0.443 e. The Bertz CT molecular complexity index is 603. The zero-order chi connectivity index (χ0) is 19.0. The number of halogens is 1. The number of aromatic nitrogens is 1. The van der Waals surface area contributed by atoms with E-state index in [0.29, 0.717) is 24.4 Å². The van der Waals surface area contributed by atoms with Gasteiger partial charge in [0.1, 0.15) is 12.3 Å². The molecule has 1 aromatic heterocycles. The number of nitrogens with one attached hydrogen (secondary N) is 3. The van der Waals surface area contributed by atoms with Crippen LogP contribution >= 0.6 is 24.0 Å². The van der Waals surface area contributed by atoms with Gasteiger partial charge in [0.05, 0.1) is 12.7 Å². The Morgan fingerprint density at radius 2 is 1.96 bits per heavy atom. The SMILES string of the molecule is CCNC(=NCC(=O)NC1CCCCC1)NCc1ncc(C(C)(C)C)o1.I. The van der Waals surface area contributed by atoms with E-state index < -0.39 is 0 Å². The lowest BCUT2D eigenvalue weighted by Crippen LogP contribution is -2.40. The molecular formula is C19H34IN5O2. The minimum absolute atomic E-state index is 0. The van der Waals surface area contributed by atoms with Crippen molar-refractivity contribution in [2.75, 3.05) is 13.1 Å². The summed E-state index contributed by atoms with van der Waals surface area (Å²) in [5.74, 6) is 2.01. The fraction of sp³-hybridized carbons (Fsp3) is 0.737. The van der Waals surface area contributed by atoms with Gasteiger partial charge in [-0.2, -0.15) is 0 Å². The highest BCUT2D eigenvalue weighted by Gasteiger charge is 2.19. The molecule has 27 heavy (non-hydrogen) atoms. The summed E-state index contributed by atoms with van der Waals surface area (Å²) >= 11 is 0. The Morgan fingerprint density at radius 1 is 1.26 bits per heavy atom. The van der Waals surface area contributed by atoms with E-state index in [1.54, 1.807) is 6.20 Å². The third-order valence-electron chi connectivity index (χ3n) is 4.40. The van der Waals surface area contributed by atoms with E-state index in [0.717, 1.165) is 25.1 Å². The Morgan fingerprint density at radius 3 is 2.56 bits per heavy atom. The number of hydrogen-bond acceptors (Lipinski definition) is 4. The highest BCUT2D eigenvalue weighted by molar-refractivity contribution is 14.0. The van der Waals surface area contributed by atoms with Crippen LogP contribution in [0.1, 0.15) is 71.5 Å².